The molecule has 1 aliphatic rings. The SMILES string of the molecule is Nc1ccccc1C=C1CCOCC1. The molecule has 1 saturated heterocycles. The zero-order valence-electron chi connectivity index (χ0n) is 8.20. The van der Waals surface area contributed by atoms with Gasteiger partial charge in [-0.3, -0.25) is 0 Å². The molecule has 0 atom stereocenters. The largest absolute Gasteiger partial charge is 0.398 e. The van der Waals surface area contributed by atoms with Crippen molar-refractivity contribution in [3.8, 4) is 0 Å². The summed E-state index contributed by atoms with van der Waals surface area (Å²) in [7, 11) is 0. The summed E-state index contributed by atoms with van der Waals surface area (Å²) in [6, 6.07) is 7.97. The standard InChI is InChI=1S/C12H15NO/c13-12-4-2-1-3-11(12)9-10-5-7-14-8-6-10/h1-4,9H,5-8,13H2. The molecule has 2 rings (SSSR count). The minimum absolute atomic E-state index is 0.846. The predicted molar refractivity (Wildman–Crippen MR) is 58.9 cm³/mol. The first-order chi connectivity index (χ1) is 6.86. The maximum Gasteiger partial charge on any atom is 0.0503 e. The molecular formula is C12H15NO. The quantitative estimate of drug-likeness (QED) is 0.689. The predicted octanol–water partition coefficient (Wildman–Crippen LogP) is 2.46. The molecule has 2 N–H and O–H groups in total. The van der Waals surface area contributed by atoms with Gasteiger partial charge in [-0.05, 0) is 24.5 Å². The summed E-state index contributed by atoms with van der Waals surface area (Å²) in [4.78, 5) is 0. The smallest absolute Gasteiger partial charge is 0.0503 e. The lowest BCUT2D eigenvalue weighted by molar-refractivity contribution is 0.119. The Balaban J connectivity index is 2.19. The van der Waals surface area contributed by atoms with Crippen molar-refractivity contribution in [1.82, 2.24) is 0 Å². The van der Waals surface area contributed by atoms with Crippen LogP contribution in [0.2, 0.25) is 0 Å². The van der Waals surface area contributed by atoms with Crippen molar-refractivity contribution in [2.24, 2.45) is 0 Å². The van der Waals surface area contributed by atoms with Crippen LogP contribution in [0.1, 0.15) is 18.4 Å². The number of para-hydroxylation sites is 1. The van der Waals surface area contributed by atoms with Crippen LogP contribution in [0.5, 0.6) is 0 Å². The molecule has 1 heterocycles. The highest BCUT2D eigenvalue weighted by molar-refractivity contribution is 5.65. The number of hydrogen-bond acceptors (Lipinski definition) is 2. The summed E-state index contributed by atoms with van der Waals surface area (Å²) in [6.07, 6.45) is 4.26. The molecule has 2 nitrogen and oxygen atoms in total. The molecule has 1 aromatic rings. The van der Waals surface area contributed by atoms with Crippen LogP contribution in [0.15, 0.2) is 29.8 Å². The average Bonchev–Trinajstić information content (AvgIpc) is 2.23. The molecule has 0 radical (unpaired) electrons. The third kappa shape index (κ3) is 2.15. The van der Waals surface area contributed by atoms with E-state index in [4.69, 9.17) is 10.5 Å². The second-order valence-corrected chi connectivity index (χ2v) is 3.54. The van der Waals surface area contributed by atoms with Crippen LogP contribution in [-0.4, -0.2) is 13.2 Å². The van der Waals surface area contributed by atoms with Crippen LogP contribution >= 0.6 is 0 Å². The van der Waals surface area contributed by atoms with Crippen LogP contribution < -0.4 is 5.73 Å². The molecule has 0 unspecified atom stereocenters. The Morgan fingerprint density at radius 2 is 1.86 bits per heavy atom. The molecule has 1 fully saturated rings. The van der Waals surface area contributed by atoms with Gasteiger partial charge in [-0.25, -0.2) is 0 Å². The van der Waals surface area contributed by atoms with Gasteiger partial charge in [0.1, 0.15) is 0 Å². The third-order valence-corrected chi connectivity index (χ3v) is 2.49. The van der Waals surface area contributed by atoms with E-state index in [1.54, 1.807) is 0 Å². The van der Waals surface area contributed by atoms with E-state index in [-0.39, 0.29) is 0 Å². The van der Waals surface area contributed by atoms with E-state index in [1.165, 1.54) is 5.57 Å². The van der Waals surface area contributed by atoms with Crippen molar-refractivity contribution in [2.45, 2.75) is 12.8 Å². The molecule has 0 spiro atoms. The lowest BCUT2D eigenvalue weighted by Crippen LogP contribution is -2.07. The second-order valence-electron chi connectivity index (χ2n) is 3.54. The lowest BCUT2D eigenvalue weighted by atomic mass is 10.0. The number of nitrogen functional groups attached to an aromatic ring is 1. The summed E-state index contributed by atoms with van der Waals surface area (Å²) in [5.74, 6) is 0. The van der Waals surface area contributed by atoms with Gasteiger partial charge in [0.2, 0.25) is 0 Å². The number of ether oxygens (including phenoxy) is 1. The minimum atomic E-state index is 0.846. The molecule has 74 valence electrons. The fourth-order valence-electron chi connectivity index (χ4n) is 1.64. The number of hydrogen-bond donors (Lipinski definition) is 1. The topological polar surface area (TPSA) is 35.2 Å². The van der Waals surface area contributed by atoms with Gasteiger partial charge in [0.05, 0.1) is 13.2 Å². The highest BCUT2D eigenvalue weighted by Gasteiger charge is 2.05. The number of anilines is 1. The average molecular weight is 189 g/mol. The molecule has 0 saturated carbocycles. The fraction of sp³-hybridized carbons (Fsp3) is 0.333. The zero-order valence-corrected chi connectivity index (χ0v) is 8.20. The van der Waals surface area contributed by atoms with Gasteiger partial charge >= 0.3 is 0 Å². The highest BCUT2D eigenvalue weighted by atomic mass is 16.5. The van der Waals surface area contributed by atoms with Crippen molar-refractivity contribution in [2.75, 3.05) is 18.9 Å². The van der Waals surface area contributed by atoms with Gasteiger partial charge in [-0.15, -0.1) is 0 Å². The van der Waals surface area contributed by atoms with Crippen LogP contribution in [0.4, 0.5) is 5.69 Å². The molecular weight excluding hydrogens is 174 g/mol. The number of nitrogens with two attached hydrogens (primary N) is 1. The summed E-state index contributed by atoms with van der Waals surface area (Å²) in [6.45, 7) is 1.69. The van der Waals surface area contributed by atoms with Gasteiger partial charge < -0.3 is 10.5 Å². The lowest BCUT2D eigenvalue weighted by Gasteiger charge is -2.14. The Morgan fingerprint density at radius 3 is 2.57 bits per heavy atom. The van der Waals surface area contributed by atoms with Crippen molar-refractivity contribution in [3.63, 3.8) is 0 Å². The van der Waals surface area contributed by atoms with Crippen LogP contribution in [0.25, 0.3) is 6.08 Å². The first kappa shape index (κ1) is 9.28. The molecule has 0 amide bonds. The van der Waals surface area contributed by atoms with Gasteiger partial charge in [-0.2, -0.15) is 0 Å². The fourth-order valence-corrected chi connectivity index (χ4v) is 1.64. The Kier molecular flexibility index (Phi) is 2.84. The molecule has 0 aliphatic carbocycles. The Hall–Kier alpha value is -1.28. The molecule has 14 heavy (non-hydrogen) atoms. The van der Waals surface area contributed by atoms with Crippen LogP contribution in [0, 0.1) is 0 Å². The van der Waals surface area contributed by atoms with E-state index < -0.39 is 0 Å². The van der Waals surface area contributed by atoms with Crippen molar-refractivity contribution < 1.29 is 4.74 Å². The highest BCUT2D eigenvalue weighted by Crippen LogP contribution is 2.20. The molecule has 0 bridgehead atoms. The Bertz CT molecular complexity index is 336. The third-order valence-electron chi connectivity index (χ3n) is 2.49. The summed E-state index contributed by atoms with van der Waals surface area (Å²) < 4.78 is 5.30. The van der Waals surface area contributed by atoms with E-state index in [0.29, 0.717) is 0 Å². The van der Waals surface area contributed by atoms with Crippen LogP contribution in [-0.2, 0) is 4.74 Å². The monoisotopic (exact) mass is 189 g/mol. The molecule has 1 aliphatic heterocycles. The summed E-state index contributed by atoms with van der Waals surface area (Å²) in [5, 5.41) is 0. The minimum Gasteiger partial charge on any atom is -0.398 e. The molecule has 2 heteroatoms. The molecule has 1 aromatic carbocycles. The summed E-state index contributed by atoms with van der Waals surface area (Å²) in [5.41, 5.74) is 9.28. The normalized spacial score (nSPS) is 16.7. The van der Waals surface area contributed by atoms with Crippen molar-refractivity contribution >= 4 is 11.8 Å². The van der Waals surface area contributed by atoms with E-state index in [2.05, 4.69) is 12.1 Å². The van der Waals surface area contributed by atoms with Gasteiger partial charge in [-0.1, -0.05) is 29.8 Å². The van der Waals surface area contributed by atoms with Crippen molar-refractivity contribution in [1.29, 1.82) is 0 Å². The van der Waals surface area contributed by atoms with E-state index in [0.717, 1.165) is 37.3 Å². The Morgan fingerprint density at radius 1 is 1.14 bits per heavy atom. The first-order valence-corrected chi connectivity index (χ1v) is 4.98. The van der Waals surface area contributed by atoms with Gasteiger partial charge in [0.25, 0.3) is 0 Å². The molecule has 0 aromatic heterocycles. The van der Waals surface area contributed by atoms with Gasteiger partial charge in [0.15, 0.2) is 0 Å². The first-order valence-electron chi connectivity index (χ1n) is 4.98. The van der Waals surface area contributed by atoms with Crippen molar-refractivity contribution in [3.05, 3.63) is 35.4 Å². The van der Waals surface area contributed by atoms with Gasteiger partial charge in [0, 0.05) is 5.69 Å². The zero-order chi connectivity index (χ0) is 9.80. The van der Waals surface area contributed by atoms with E-state index >= 15 is 0 Å². The van der Waals surface area contributed by atoms with E-state index in [1.807, 2.05) is 18.2 Å². The maximum atomic E-state index is 5.86. The Labute approximate surface area is 84.4 Å². The number of benzene rings is 1. The maximum absolute atomic E-state index is 5.86. The van der Waals surface area contributed by atoms with E-state index in [9.17, 15) is 0 Å². The summed E-state index contributed by atoms with van der Waals surface area (Å²) >= 11 is 0. The second kappa shape index (κ2) is 4.29. The number of rotatable bonds is 1. The van der Waals surface area contributed by atoms with Crippen LogP contribution in [0.3, 0.4) is 0 Å².